The maximum absolute atomic E-state index is 13.0. The topological polar surface area (TPSA) is 4.36 Å². The summed E-state index contributed by atoms with van der Waals surface area (Å²) in [4.78, 5) is 3.18. The molecule has 1 aromatic carbocycles. The van der Waals surface area contributed by atoms with Crippen molar-refractivity contribution in [2.45, 2.75) is 6.42 Å². The van der Waals surface area contributed by atoms with Gasteiger partial charge < -0.3 is 4.85 Å². The molecule has 0 aromatic heterocycles. The van der Waals surface area contributed by atoms with Gasteiger partial charge in [0.15, 0.2) is 0 Å². The fourth-order valence-electron chi connectivity index (χ4n) is 0.939. The van der Waals surface area contributed by atoms with Crippen molar-refractivity contribution in [1.82, 2.24) is 0 Å². The first-order chi connectivity index (χ1) is 5.75. The van der Waals surface area contributed by atoms with E-state index < -0.39 is 0 Å². The van der Waals surface area contributed by atoms with E-state index in [0.29, 0.717) is 18.5 Å². The second kappa shape index (κ2) is 4.22. The van der Waals surface area contributed by atoms with E-state index in [0.717, 1.165) is 4.47 Å². The summed E-state index contributed by atoms with van der Waals surface area (Å²) in [6, 6.07) is 4.83. The highest BCUT2D eigenvalue weighted by Crippen LogP contribution is 2.19. The van der Waals surface area contributed by atoms with E-state index in [-0.39, 0.29) is 5.82 Å². The second-order valence-electron chi connectivity index (χ2n) is 2.33. The summed E-state index contributed by atoms with van der Waals surface area (Å²) < 4.78 is 13.8. The molecule has 0 aliphatic carbocycles. The van der Waals surface area contributed by atoms with Gasteiger partial charge in [0.2, 0.25) is 6.54 Å². The SMILES string of the molecule is [C-]#[N+]CCc1c(F)cccc1Br. The molecule has 12 heavy (non-hydrogen) atoms. The molecule has 0 heterocycles. The molecule has 0 bridgehead atoms. The highest BCUT2D eigenvalue weighted by Gasteiger charge is 2.06. The van der Waals surface area contributed by atoms with Crippen molar-refractivity contribution in [2.75, 3.05) is 6.54 Å². The molecule has 0 atom stereocenters. The summed E-state index contributed by atoms with van der Waals surface area (Å²) in [5.74, 6) is -0.243. The van der Waals surface area contributed by atoms with Crippen LogP contribution in [0.5, 0.6) is 0 Å². The summed E-state index contributed by atoms with van der Waals surface area (Å²) in [5, 5.41) is 0. The molecule has 0 saturated heterocycles. The van der Waals surface area contributed by atoms with E-state index in [1.807, 2.05) is 0 Å². The minimum absolute atomic E-state index is 0.243. The van der Waals surface area contributed by atoms with Crippen LogP contribution in [0.3, 0.4) is 0 Å². The molecule has 62 valence electrons. The summed E-state index contributed by atoms with van der Waals surface area (Å²) in [7, 11) is 0. The molecule has 0 amide bonds. The van der Waals surface area contributed by atoms with Crippen LogP contribution in [-0.4, -0.2) is 6.54 Å². The van der Waals surface area contributed by atoms with Crippen LogP contribution in [0.4, 0.5) is 4.39 Å². The lowest BCUT2D eigenvalue weighted by molar-refractivity contribution is 0.610. The number of benzene rings is 1. The molecular weight excluding hydrogens is 221 g/mol. The predicted molar refractivity (Wildman–Crippen MR) is 49.3 cm³/mol. The van der Waals surface area contributed by atoms with E-state index in [1.54, 1.807) is 12.1 Å². The van der Waals surface area contributed by atoms with Crippen molar-refractivity contribution in [3.05, 3.63) is 45.5 Å². The van der Waals surface area contributed by atoms with Gasteiger partial charge in [0.25, 0.3) is 0 Å². The zero-order chi connectivity index (χ0) is 8.97. The third kappa shape index (κ3) is 2.05. The molecule has 0 saturated carbocycles. The molecular formula is C9H7BrFN. The number of hydrogen-bond acceptors (Lipinski definition) is 0. The third-order valence-corrected chi connectivity index (χ3v) is 2.28. The van der Waals surface area contributed by atoms with E-state index in [9.17, 15) is 4.39 Å². The van der Waals surface area contributed by atoms with Gasteiger partial charge in [-0.2, -0.15) is 0 Å². The third-order valence-electron chi connectivity index (χ3n) is 1.54. The average Bonchev–Trinajstić information content (AvgIpc) is 2.04. The Labute approximate surface area is 79.2 Å². The molecule has 1 rings (SSSR count). The van der Waals surface area contributed by atoms with Crippen LogP contribution in [0, 0.1) is 12.4 Å². The normalized spacial score (nSPS) is 9.42. The quantitative estimate of drug-likeness (QED) is 0.685. The van der Waals surface area contributed by atoms with Crippen LogP contribution in [-0.2, 0) is 6.42 Å². The van der Waals surface area contributed by atoms with Crippen molar-refractivity contribution in [3.63, 3.8) is 0 Å². The molecule has 1 aromatic rings. The number of hydrogen-bond donors (Lipinski definition) is 0. The van der Waals surface area contributed by atoms with Gasteiger partial charge in [-0.25, -0.2) is 11.0 Å². The Morgan fingerprint density at radius 1 is 1.50 bits per heavy atom. The molecule has 0 unspecified atom stereocenters. The summed E-state index contributed by atoms with van der Waals surface area (Å²) in [5.41, 5.74) is 0.591. The fraction of sp³-hybridized carbons (Fsp3) is 0.222. The maximum atomic E-state index is 13.0. The first-order valence-electron chi connectivity index (χ1n) is 3.52. The second-order valence-corrected chi connectivity index (χ2v) is 3.19. The number of nitrogens with zero attached hydrogens (tertiary/aromatic N) is 1. The maximum Gasteiger partial charge on any atom is 0.218 e. The Balaban J connectivity index is 2.90. The van der Waals surface area contributed by atoms with Gasteiger partial charge >= 0.3 is 0 Å². The Morgan fingerprint density at radius 2 is 2.25 bits per heavy atom. The van der Waals surface area contributed by atoms with Crippen LogP contribution < -0.4 is 0 Å². The molecule has 0 aliphatic rings. The molecule has 1 nitrogen and oxygen atoms in total. The molecule has 0 N–H and O–H groups in total. The minimum atomic E-state index is -0.243. The number of halogens is 2. The molecule has 3 heteroatoms. The first kappa shape index (κ1) is 9.21. The van der Waals surface area contributed by atoms with E-state index >= 15 is 0 Å². The Hall–Kier alpha value is -0.880. The molecule has 0 radical (unpaired) electrons. The van der Waals surface area contributed by atoms with Crippen LogP contribution in [0.15, 0.2) is 22.7 Å². The van der Waals surface area contributed by atoms with Crippen molar-refractivity contribution in [1.29, 1.82) is 0 Å². The molecule has 0 spiro atoms. The van der Waals surface area contributed by atoms with Gasteiger partial charge in [-0.1, -0.05) is 22.0 Å². The van der Waals surface area contributed by atoms with Gasteiger partial charge in [-0.15, -0.1) is 0 Å². The van der Waals surface area contributed by atoms with Crippen LogP contribution in [0.25, 0.3) is 4.85 Å². The van der Waals surface area contributed by atoms with E-state index in [1.165, 1.54) is 6.07 Å². The van der Waals surface area contributed by atoms with Gasteiger partial charge in [0, 0.05) is 16.5 Å². The summed E-state index contributed by atoms with van der Waals surface area (Å²) in [6.07, 6.45) is 0.469. The Morgan fingerprint density at radius 3 is 2.83 bits per heavy atom. The first-order valence-corrected chi connectivity index (χ1v) is 4.31. The lowest BCUT2D eigenvalue weighted by Crippen LogP contribution is -1.93. The summed E-state index contributed by atoms with van der Waals surface area (Å²) in [6.45, 7) is 6.91. The van der Waals surface area contributed by atoms with Gasteiger partial charge in [0.05, 0.1) is 0 Å². The molecule has 0 fully saturated rings. The zero-order valence-corrected chi connectivity index (χ0v) is 7.94. The van der Waals surface area contributed by atoms with Gasteiger partial charge in [-0.05, 0) is 12.1 Å². The largest absolute Gasteiger partial charge is 0.317 e. The van der Waals surface area contributed by atoms with E-state index in [4.69, 9.17) is 6.57 Å². The smallest absolute Gasteiger partial charge is 0.218 e. The lowest BCUT2D eigenvalue weighted by Gasteiger charge is -2.00. The lowest BCUT2D eigenvalue weighted by atomic mass is 10.1. The minimum Gasteiger partial charge on any atom is -0.317 e. The average molecular weight is 228 g/mol. The zero-order valence-electron chi connectivity index (χ0n) is 6.35. The van der Waals surface area contributed by atoms with Crippen LogP contribution in [0.2, 0.25) is 0 Å². The van der Waals surface area contributed by atoms with Crippen molar-refractivity contribution >= 4 is 15.9 Å². The standard InChI is InChI=1S/C9H7BrFN/c1-12-6-5-7-8(10)3-2-4-9(7)11/h2-4H,5-6H2. The Bertz CT molecular complexity index is 297. The summed E-state index contributed by atoms with van der Waals surface area (Å²) >= 11 is 3.23. The van der Waals surface area contributed by atoms with Crippen molar-refractivity contribution in [3.8, 4) is 0 Å². The molecule has 0 aliphatic heterocycles. The van der Waals surface area contributed by atoms with Gasteiger partial charge in [-0.3, -0.25) is 0 Å². The van der Waals surface area contributed by atoms with Crippen LogP contribution >= 0.6 is 15.9 Å². The van der Waals surface area contributed by atoms with E-state index in [2.05, 4.69) is 20.8 Å². The monoisotopic (exact) mass is 227 g/mol. The predicted octanol–water partition coefficient (Wildman–Crippen LogP) is 3.05. The highest BCUT2D eigenvalue weighted by molar-refractivity contribution is 9.10. The van der Waals surface area contributed by atoms with Crippen molar-refractivity contribution < 1.29 is 4.39 Å². The van der Waals surface area contributed by atoms with Crippen LogP contribution in [0.1, 0.15) is 5.56 Å². The van der Waals surface area contributed by atoms with Crippen molar-refractivity contribution in [2.24, 2.45) is 0 Å². The Kier molecular flexibility index (Phi) is 3.24. The highest BCUT2D eigenvalue weighted by atomic mass is 79.9. The van der Waals surface area contributed by atoms with Gasteiger partial charge in [0.1, 0.15) is 5.82 Å². The number of rotatable bonds is 2. The fourth-order valence-corrected chi connectivity index (χ4v) is 1.48.